The number of carbonyl (C=O) groups is 1. The number of carbonyl (C=O) groups excluding carboxylic acids is 1. The van der Waals surface area contributed by atoms with Gasteiger partial charge in [-0.2, -0.15) is 5.10 Å². The molecule has 1 amide bonds. The number of primary sulfonamides is 1. The van der Waals surface area contributed by atoms with E-state index in [0.717, 1.165) is 5.69 Å². The summed E-state index contributed by atoms with van der Waals surface area (Å²) < 4.78 is 24.0. The zero-order valence-electron chi connectivity index (χ0n) is 11.0. The van der Waals surface area contributed by atoms with Crippen LogP contribution in [0.2, 0.25) is 0 Å². The van der Waals surface area contributed by atoms with Crippen LogP contribution < -0.4 is 10.5 Å². The molecule has 0 bridgehead atoms. The highest BCUT2D eigenvalue weighted by Crippen LogP contribution is 2.15. The summed E-state index contributed by atoms with van der Waals surface area (Å²) in [5, 5.41) is 11.7. The number of nitrogens with two attached hydrogens (primary N) is 1. The molecule has 0 aliphatic rings. The summed E-state index contributed by atoms with van der Waals surface area (Å²) >= 11 is 0. The van der Waals surface area contributed by atoms with Gasteiger partial charge in [0.05, 0.1) is 10.6 Å². The van der Waals surface area contributed by atoms with Gasteiger partial charge in [-0.3, -0.25) is 9.48 Å². The van der Waals surface area contributed by atoms with E-state index in [1.165, 1.54) is 22.9 Å². The Morgan fingerprint density at radius 1 is 1.35 bits per heavy atom. The molecule has 1 aromatic carbocycles. The lowest BCUT2D eigenvalue weighted by Crippen LogP contribution is -2.17. The Morgan fingerprint density at radius 3 is 2.60 bits per heavy atom. The maximum atomic E-state index is 12.1. The smallest absolute Gasteiger partial charge is 0.273 e. The second-order valence-corrected chi connectivity index (χ2v) is 5.88. The third-order valence-corrected chi connectivity index (χ3v) is 3.57. The molecule has 0 spiro atoms. The summed E-state index contributed by atoms with van der Waals surface area (Å²) in [4.78, 5) is 12.0. The van der Waals surface area contributed by atoms with Crippen molar-refractivity contribution in [1.82, 2.24) is 9.78 Å². The Kier molecular flexibility index (Phi) is 3.60. The number of aromatic nitrogens is 2. The predicted octanol–water partition coefficient (Wildman–Crippen LogP) is 0.628. The number of amides is 1. The molecule has 0 radical (unpaired) electrons. The number of nitrogens with zero attached hydrogens (tertiary/aromatic N) is 2. The number of hydrogen-bond acceptors (Lipinski definition) is 4. The van der Waals surface area contributed by atoms with Crippen molar-refractivity contribution in [3.8, 4) is 0 Å². The molecule has 0 unspecified atom stereocenters. The summed E-state index contributed by atoms with van der Waals surface area (Å²) in [5.74, 6) is -0.375. The van der Waals surface area contributed by atoms with Crippen LogP contribution >= 0.6 is 0 Å². The largest absolute Gasteiger partial charge is 0.321 e. The van der Waals surface area contributed by atoms with Crippen LogP contribution in [0, 0.1) is 6.92 Å². The number of benzene rings is 1. The quantitative estimate of drug-likeness (QED) is 0.865. The zero-order valence-corrected chi connectivity index (χ0v) is 11.8. The lowest BCUT2D eigenvalue weighted by molar-refractivity contribution is 0.101. The van der Waals surface area contributed by atoms with Gasteiger partial charge >= 0.3 is 0 Å². The summed E-state index contributed by atoms with van der Waals surface area (Å²) in [6.07, 6.45) is 0. The molecule has 1 heterocycles. The topological polar surface area (TPSA) is 107 Å². The number of hydrogen-bond donors (Lipinski definition) is 2. The number of aryl methyl sites for hydroxylation is 2. The number of rotatable bonds is 3. The minimum Gasteiger partial charge on any atom is -0.321 e. The van der Waals surface area contributed by atoms with Crippen molar-refractivity contribution in [3.63, 3.8) is 0 Å². The molecule has 0 atom stereocenters. The lowest BCUT2D eigenvalue weighted by Gasteiger charge is -2.06. The van der Waals surface area contributed by atoms with Crippen molar-refractivity contribution < 1.29 is 13.2 Å². The minimum atomic E-state index is -3.80. The molecular weight excluding hydrogens is 280 g/mol. The fourth-order valence-corrected chi connectivity index (χ4v) is 2.33. The van der Waals surface area contributed by atoms with Crippen LogP contribution in [0.25, 0.3) is 0 Å². The maximum absolute atomic E-state index is 12.1. The average Bonchev–Trinajstić information content (AvgIpc) is 2.68. The SMILES string of the molecule is Cc1cc(C(=O)Nc2cccc(S(N)(=O)=O)c2)n(C)n1. The lowest BCUT2D eigenvalue weighted by atomic mass is 10.3. The normalized spacial score (nSPS) is 11.3. The van der Waals surface area contributed by atoms with Crippen LogP contribution in [0.5, 0.6) is 0 Å². The minimum absolute atomic E-state index is 0.0588. The van der Waals surface area contributed by atoms with E-state index >= 15 is 0 Å². The Morgan fingerprint density at radius 2 is 2.05 bits per heavy atom. The first-order chi connectivity index (χ1) is 9.27. The van der Waals surface area contributed by atoms with Crippen molar-refractivity contribution in [2.75, 3.05) is 5.32 Å². The van der Waals surface area contributed by atoms with Crippen LogP contribution in [0.15, 0.2) is 35.2 Å². The molecule has 0 saturated carbocycles. The molecule has 106 valence electrons. The Hall–Kier alpha value is -2.19. The molecule has 2 rings (SSSR count). The first-order valence-corrected chi connectivity index (χ1v) is 7.27. The molecule has 8 heteroatoms. The van der Waals surface area contributed by atoms with E-state index in [1.807, 2.05) is 0 Å². The van der Waals surface area contributed by atoms with Crippen molar-refractivity contribution in [3.05, 3.63) is 41.7 Å². The van der Waals surface area contributed by atoms with Crippen LogP contribution in [0.3, 0.4) is 0 Å². The molecular formula is C12H14N4O3S. The molecule has 2 aromatic rings. The number of nitrogens with one attached hydrogen (secondary N) is 1. The molecule has 0 fully saturated rings. The van der Waals surface area contributed by atoms with Crippen LogP contribution in [-0.2, 0) is 17.1 Å². The third kappa shape index (κ3) is 3.03. The summed E-state index contributed by atoms with van der Waals surface area (Å²) in [6, 6.07) is 7.38. The summed E-state index contributed by atoms with van der Waals surface area (Å²) in [6.45, 7) is 1.78. The van der Waals surface area contributed by atoms with Gasteiger partial charge in [0.25, 0.3) is 5.91 Å². The van der Waals surface area contributed by atoms with Gasteiger partial charge in [-0.05, 0) is 31.2 Å². The summed E-state index contributed by atoms with van der Waals surface area (Å²) in [7, 11) is -2.14. The monoisotopic (exact) mass is 294 g/mol. The predicted molar refractivity (Wildman–Crippen MR) is 73.7 cm³/mol. The number of sulfonamides is 1. The first-order valence-electron chi connectivity index (χ1n) is 5.72. The fourth-order valence-electron chi connectivity index (χ4n) is 1.77. The van der Waals surface area contributed by atoms with E-state index in [1.54, 1.807) is 26.1 Å². The second kappa shape index (κ2) is 5.06. The van der Waals surface area contributed by atoms with Gasteiger partial charge < -0.3 is 5.32 Å². The van der Waals surface area contributed by atoms with E-state index in [4.69, 9.17) is 5.14 Å². The molecule has 0 aliphatic carbocycles. The standard InChI is InChI=1S/C12H14N4O3S/c1-8-6-11(16(2)15-8)12(17)14-9-4-3-5-10(7-9)20(13,18)19/h3-7H,1-2H3,(H,14,17)(H2,13,18,19). The Labute approximate surface area is 116 Å². The molecule has 0 aliphatic heterocycles. The highest BCUT2D eigenvalue weighted by atomic mass is 32.2. The van der Waals surface area contributed by atoms with Crippen molar-refractivity contribution in [2.45, 2.75) is 11.8 Å². The highest BCUT2D eigenvalue weighted by Gasteiger charge is 2.13. The van der Waals surface area contributed by atoms with Crippen LogP contribution in [0.4, 0.5) is 5.69 Å². The first kappa shape index (κ1) is 14.2. The van der Waals surface area contributed by atoms with Crippen molar-refractivity contribution in [2.24, 2.45) is 12.2 Å². The van der Waals surface area contributed by atoms with Gasteiger partial charge in [0, 0.05) is 12.7 Å². The van der Waals surface area contributed by atoms with Gasteiger partial charge in [0.2, 0.25) is 10.0 Å². The van der Waals surface area contributed by atoms with Crippen LogP contribution in [-0.4, -0.2) is 24.1 Å². The average molecular weight is 294 g/mol. The Bertz CT molecular complexity index is 765. The van der Waals surface area contributed by atoms with Crippen LogP contribution in [0.1, 0.15) is 16.2 Å². The fraction of sp³-hybridized carbons (Fsp3) is 0.167. The molecule has 7 nitrogen and oxygen atoms in total. The highest BCUT2D eigenvalue weighted by molar-refractivity contribution is 7.89. The van der Waals surface area contributed by atoms with Gasteiger partial charge in [0.1, 0.15) is 5.69 Å². The molecule has 20 heavy (non-hydrogen) atoms. The van der Waals surface area contributed by atoms with Gasteiger partial charge in [0.15, 0.2) is 0 Å². The third-order valence-electron chi connectivity index (χ3n) is 2.66. The van der Waals surface area contributed by atoms with Crippen molar-refractivity contribution >= 4 is 21.6 Å². The second-order valence-electron chi connectivity index (χ2n) is 4.32. The van der Waals surface area contributed by atoms with E-state index < -0.39 is 10.0 Å². The van der Waals surface area contributed by atoms with E-state index in [2.05, 4.69) is 10.4 Å². The van der Waals surface area contributed by atoms with E-state index in [0.29, 0.717) is 11.4 Å². The van der Waals surface area contributed by atoms with Crippen molar-refractivity contribution in [1.29, 1.82) is 0 Å². The van der Waals surface area contributed by atoms with Gasteiger partial charge in [-0.15, -0.1) is 0 Å². The van der Waals surface area contributed by atoms with E-state index in [9.17, 15) is 13.2 Å². The number of anilines is 1. The Balaban J connectivity index is 2.27. The van der Waals surface area contributed by atoms with E-state index in [-0.39, 0.29) is 10.8 Å². The molecule has 0 saturated heterocycles. The van der Waals surface area contributed by atoms with Gasteiger partial charge in [-0.1, -0.05) is 6.07 Å². The zero-order chi connectivity index (χ0) is 14.9. The summed E-state index contributed by atoms with van der Waals surface area (Å²) in [5.41, 5.74) is 1.44. The molecule has 3 N–H and O–H groups in total. The molecule has 1 aromatic heterocycles. The van der Waals surface area contributed by atoms with Gasteiger partial charge in [-0.25, -0.2) is 13.6 Å². The maximum Gasteiger partial charge on any atom is 0.273 e.